The standard InChI is InChI=1S/C24H27Cl3N2O2/c1-16-6-2-5-9-21(16)28-24(31)23(19-7-3-4-8-20(19)27)29(22(30)14-25)15-17-10-12-18(26)13-11-17/h3-4,7-8,10-13,16,21,23H,2,5-6,9,14-15H2,1H3,(H,28,31)/t16-,21-,23-/m1/s1. The minimum atomic E-state index is -0.884. The molecule has 0 bridgehead atoms. The number of hydrogen-bond acceptors (Lipinski definition) is 2. The second-order valence-corrected chi connectivity index (χ2v) is 9.19. The van der Waals surface area contributed by atoms with Crippen LogP contribution in [-0.2, 0) is 16.1 Å². The van der Waals surface area contributed by atoms with Crippen molar-refractivity contribution in [3.63, 3.8) is 0 Å². The van der Waals surface area contributed by atoms with Crippen molar-refractivity contribution in [3.8, 4) is 0 Å². The number of nitrogens with one attached hydrogen (secondary N) is 1. The van der Waals surface area contributed by atoms with Crippen LogP contribution in [-0.4, -0.2) is 28.6 Å². The monoisotopic (exact) mass is 480 g/mol. The van der Waals surface area contributed by atoms with E-state index in [-0.39, 0.29) is 30.3 Å². The lowest BCUT2D eigenvalue weighted by atomic mass is 9.85. The van der Waals surface area contributed by atoms with Gasteiger partial charge in [0.05, 0.1) is 0 Å². The third-order valence-electron chi connectivity index (χ3n) is 5.90. The highest BCUT2D eigenvalue weighted by molar-refractivity contribution is 6.32. The molecule has 3 rings (SSSR count). The van der Waals surface area contributed by atoms with Gasteiger partial charge in [-0.1, -0.05) is 73.3 Å². The summed E-state index contributed by atoms with van der Waals surface area (Å²) in [4.78, 5) is 28.0. The molecule has 0 aromatic heterocycles. The van der Waals surface area contributed by atoms with E-state index in [1.165, 1.54) is 11.3 Å². The predicted octanol–water partition coefficient (Wildman–Crippen LogP) is 6.00. The van der Waals surface area contributed by atoms with E-state index >= 15 is 0 Å². The van der Waals surface area contributed by atoms with Crippen LogP contribution in [0.5, 0.6) is 0 Å². The van der Waals surface area contributed by atoms with Crippen molar-refractivity contribution in [1.82, 2.24) is 10.2 Å². The fourth-order valence-electron chi connectivity index (χ4n) is 4.13. The molecule has 31 heavy (non-hydrogen) atoms. The molecule has 1 aliphatic carbocycles. The van der Waals surface area contributed by atoms with Crippen LogP contribution in [0.15, 0.2) is 48.5 Å². The van der Waals surface area contributed by atoms with E-state index in [0.29, 0.717) is 21.5 Å². The molecule has 1 saturated carbocycles. The minimum absolute atomic E-state index is 0.0784. The summed E-state index contributed by atoms with van der Waals surface area (Å²) in [6, 6.07) is 13.5. The molecule has 1 N–H and O–H groups in total. The number of rotatable bonds is 7. The van der Waals surface area contributed by atoms with Gasteiger partial charge in [-0.2, -0.15) is 0 Å². The van der Waals surface area contributed by atoms with E-state index in [2.05, 4.69) is 12.2 Å². The van der Waals surface area contributed by atoms with Crippen LogP contribution in [0.4, 0.5) is 0 Å². The first-order valence-corrected chi connectivity index (χ1v) is 11.8. The molecular formula is C24H27Cl3N2O2. The molecule has 0 radical (unpaired) electrons. The van der Waals surface area contributed by atoms with E-state index in [1.807, 2.05) is 18.2 Å². The van der Waals surface area contributed by atoms with Crippen LogP contribution in [0, 0.1) is 5.92 Å². The summed E-state index contributed by atoms with van der Waals surface area (Å²) in [7, 11) is 0. The molecule has 0 unspecified atom stereocenters. The van der Waals surface area contributed by atoms with Gasteiger partial charge in [-0.3, -0.25) is 9.59 Å². The van der Waals surface area contributed by atoms with Gasteiger partial charge in [-0.05, 0) is 42.5 Å². The first kappa shape index (κ1) is 23.9. The zero-order chi connectivity index (χ0) is 22.4. The Kier molecular flexibility index (Phi) is 8.65. The molecule has 2 aromatic carbocycles. The average molecular weight is 482 g/mol. The average Bonchev–Trinajstić information content (AvgIpc) is 2.77. The molecule has 0 heterocycles. The van der Waals surface area contributed by atoms with Gasteiger partial charge in [0.15, 0.2) is 0 Å². The van der Waals surface area contributed by atoms with Crippen LogP contribution in [0.2, 0.25) is 10.0 Å². The van der Waals surface area contributed by atoms with Gasteiger partial charge in [-0.15, -0.1) is 11.6 Å². The van der Waals surface area contributed by atoms with Crippen LogP contribution in [0.3, 0.4) is 0 Å². The summed E-state index contributed by atoms with van der Waals surface area (Å²) in [6.07, 6.45) is 4.27. The summed E-state index contributed by atoms with van der Waals surface area (Å²) in [5.74, 6) is -0.424. The van der Waals surface area contributed by atoms with Crippen molar-refractivity contribution in [1.29, 1.82) is 0 Å². The van der Waals surface area contributed by atoms with Crippen molar-refractivity contribution in [3.05, 3.63) is 69.7 Å². The number of alkyl halides is 1. The van der Waals surface area contributed by atoms with E-state index in [9.17, 15) is 9.59 Å². The molecule has 0 aliphatic heterocycles. The Labute approximate surface area is 198 Å². The van der Waals surface area contributed by atoms with Crippen molar-refractivity contribution in [2.75, 3.05) is 5.88 Å². The van der Waals surface area contributed by atoms with E-state index in [4.69, 9.17) is 34.8 Å². The molecule has 2 aromatic rings. The second-order valence-electron chi connectivity index (χ2n) is 8.08. The predicted molar refractivity (Wildman–Crippen MR) is 126 cm³/mol. The largest absolute Gasteiger partial charge is 0.351 e. The highest BCUT2D eigenvalue weighted by Gasteiger charge is 2.34. The number of halogens is 3. The second kappa shape index (κ2) is 11.2. The quantitative estimate of drug-likeness (QED) is 0.493. The lowest BCUT2D eigenvalue weighted by molar-refractivity contribution is -0.140. The summed E-state index contributed by atoms with van der Waals surface area (Å²) in [5.41, 5.74) is 1.43. The molecule has 1 fully saturated rings. The number of benzene rings is 2. The fourth-order valence-corrected chi connectivity index (χ4v) is 4.65. The van der Waals surface area contributed by atoms with Gasteiger partial charge < -0.3 is 10.2 Å². The lowest BCUT2D eigenvalue weighted by Gasteiger charge is -2.35. The molecule has 7 heteroatoms. The maximum absolute atomic E-state index is 13.6. The summed E-state index contributed by atoms with van der Waals surface area (Å²) >= 11 is 18.4. The molecule has 1 aliphatic rings. The molecule has 3 atom stereocenters. The topological polar surface area (TPSA) is 49.4 Å². The van der Waals surface area contributed by atoms with Crippen LogP contribution < -0.4 is 5.32 Å². The van der Waals surface area contributed by atoms with Crippen LogP contribution >= 0.6 is 34.8 Å². The summed E-state index contributed by atoms with van der Waals surface area (Å²) < 4.78 is 0. The lowest BCUT2D eigenvalue weighted by Crippen LogP contribution is -2.49. The first-order valence-electron chi connectivity index (χ1n) is 10.6. The number of nitrogens with zero attached hydrogens (tertiary/aromatic N) is 1. The van der Waals surface area contributed by atoms with E-state index in [0.717, 1.165) is 24.8 Å². The van der Waals surface area contributed by atoms with Gasteiger partial charge in [0.25, 0.3) is 0 Å². The molecule has 4 nitrogen and oxygen atoms in total. The fraction of sp³-hybridized carbons (Fsp3) is 0.417. The maximum atomic E-state index is 13.6. The smallest absolute Gasteiger partial charge is 0.247 e. The Bertz CT molecular complexity index is 904. The van der Waals surface area contributed by atoms with Gasteiger partial charge in [0.2, 0.25) is 11.8 Å². The van der Waals surface area contributed by atoms with Gasteiger partial charge in [0.1, 0.15) is 11.9 Å². The molecule has 0 spiro atoms. The van der Waals surface area contributed by atoms with Crippen molar-refractivity contribution >= 4 is 46.6 Å². The number of carbonyl (C=O) groups excluding carboxylic acids is 2. The Morgan fingerprint density at radius 3 is 2.39 bits per heavy atom. The van der Waals surface area contributed by atoms with Crippen LogP contribution in [0.25, 0.3) is 0 Å². The Hall–Kier alpha value is -1.75. The summed E-state index contributed by atoms with van der Waals surface area (Å²) in [5, 5.41) is 4.23. The Morgan fingerprint density at radius 2 is 1.74 bits per heavy atom. The van der Waals surface area contributed by atoms with Crippen molar-refractivity contribution in [2.45, 2.75) is 51.2 Å². The van der Waals surface area contributed by atoms with Crippen LogP contribution in [0.1, 0.15) is 49.8 Å². The third-order valence-corrected chi connectivity index (χ3v) is 6.72. The van der Waals surface area contributed by atoms with E-state index in [1.54, 1.807) is 30.3 Å². The highest BCUT2D eigenvalue weighted by Crippen LogP contribution is 2.31. The summed E-state index contributed by atoms with van der Waals surface area (Å²) in [6.45, 7) is 2.37. The highest BCUT2D eigenvalue weighted by atomic mass is 35.5. The molecule has 2 amide bonds. The molecular weight excluding hydrogens is 455 g/mol. The van der Waals surface area contributed by atoms with Gasteiger partial charge in [0, 0.05) is 28.2 Å². The number of carbonyl (C=O) groups is 2. The third kappa shape index (κ3) is 6.15. The molecule has 0 saturated heterocycles. The Morgan fingerprint density at radius 1 is 1.06 bits per heavy atom. The Balaban J connectivity index is 1.97. The zero-order valence-corrected chi connectivity index (χ0v) is 19.8. The van der Waals surface area contributed by atoms with Gasteiger partial charge >= 0.3 is 0 Å². The van der Waals surface area contributed by atoms with Crippen molar-refractivity contribution < 1.29 is 9.59 Å². The zero-order valence-electron chi connectivity index (χ0n) is 17.5. The van der Waals surface area contributed by atoms with E-state index < -0.39 is 6.04 Å². The first-order chi connectivity index (χ1) is 14.9. The minimum Gasteiger partial charge on any atom is -0.351 e. The van der Waals surface area contributed by atoms with Gasteiger partial charge in [-0.25, -0.2) is 0 Å². The number of amides is 2. The maximum Gasteiger partial charge on any atom is 0.247 e. The number of hydrogen-bond donors (Lipinski definition) is 1. The molecule has 166 valence electrons. The van der Waals surface area contributed by atoms with Crippen molar-refractivity contribution in [2.24, 2.45) is 5.92 Å². The SMILES string of the molecule is C[C@@H]1CCCC[C@H]1NC(=O)[C@@H](c1ccccc1Cl)N(Cc1ccc(Cl)cc1)C(=O)CCl. The normalized spacial score (nSPS) is 19.5.